The van der Waals surface area contributed by atoms with Gasteiger partial charge in [-0.15, -0.1) is 0 Å². The van der Waals surface area contributed by atoms with Gasteiger partial charge in [-0.05, 0) is 25.1 Å². The van der Waals surface area contributed by atoms with Gasteiger partial charge >= 0.3 is 0 Å². The van der Waals surface area contributed by atoms with Crippen LogP contribution in [0.25, 0.3) is 0 Å². The fraction of sp³-hybridized carbons (Fsp3) is 0.350. The van der Waals surface area contributed by atoms with E-state index in [4.69, 9.17) is 14.2 Å². The normalized spacial score (nSPS) is 14.0. The first-order chi connectivity index (χ1) is 13.8. The van der Waals surface area contributed by atoms with Crippen molar-refractivity contribution in [3.8, 4) is 17.2 Å². The molecule has 1 heterocycles. The van der Waals surface area contributed by atoms with Gasteiger partial charge in [0, 0.05) is 11.6 Å². The summed E-state index contributed by atoms with van der Waals surface area (Å²) in [5.74, 6) is 1.20. The Bertz CT molecular complexity index is 992. The van der Waals surface area contributed by atoms with Crippen molar-refractivity contribution in [2.24, 2.45) is 0 Å². The Morgan fingerprint density at radius 3 is 2.55 bits per heavy atom. The summed E-state index contributed by atoms with van der Waals surface area (Å²) in [4.78, 5) is 12.6. The van der Waals surface area contributed by atoms with Crippen molar-refractivity contribution >= 4 is 21.6 Å². The van der Waals surface area contributed by atoms with Crippen molar-refractivity contribution in [2.75, 3.05) is 37.4 Å². The molecule has 0 aliphatic carbocycles. The molecule has 2 aromatic rings. The molecule has 1 unspecified atom stereocenters. The number of carbonyl (C=O) groups excluding carboxylic acids is 1. The summed E-state index contributed by atoms with van der Waals surface area (Å²) in [6.45, 7) is 2.26. The summed E-state index contributed by atoms with van der Waals surface area (Å²) in [5.41, 5.74) is 1.13. The number of ether oxygens (including phenoxy) is 3. The predicted molar refractivity (Wildman–Crippen MR) is 109 cm³/mol. The highest BCUT2D eigenvalue weighted by molar-refractivity contribution is 7.92. The van der Waals surface area contributed by atoms with Crippen molar-refractivity contribution in [1.29, 1.82) is 0 Å². The molecule has 1 aliphatic rings. The van der Waals surface area contributed by atoms with E-state index in [0.717, 1.165) is 16.1 Å². The number of hydrogen-bond donors (Lipinski definition) is 1. The number of methoxy groups -OCH3 is 1. The molecule has 0 spiro atoms. The molecule has 156 valence electrons. The topological polar surface area (TPSA) is 94.2 Å². The predicted octanol–water partition coefficient (Wildman–Crippen LogP) is 2.11. The second-order valence-electron chi connectivity index (χ2n) is 6.63. The SMILES string of the molecule is COc1ccccc1C(C)NC(=O)CN(c1ccc2c(c1)OCCO2)S(C)(=O)=O. The second kappa shape index (κ2) is 8.60. The van der Waals surface area contributed by atoms with Crippen LogP contribution >= 0.6 is 0 Å². The first-order valence-electron chi connectivity index (χ1n) is 9.09. The Hall–Kier alpha value is -2.94. The molecule has 1 atom stereocenters. The van der Waals surface area contributed by atoms with Crippen LogP contribution in [0.5, 0.6) is 17.2 Å². The van der Waals surface area contributed by atoms with Crippen LogP contribution in [0, 0.1) is 0 Å². The van der Waals surface area contributed by atoms with E-state index in [0.29, 0.717) is 36.1 Å². The summed E-state index contributed by atoms with van der Waals surface area (Å²) < 4.78 is 42.0. The molecule has 9 heteroatoms. The minimum Gasteiger partial charge on any atom is -0.496 e. The number of carbonyl (C=O) groups is 1. The lowest BCUT2D eigenvalue weighted by molar-refractivity contribution is -0.120. The third kappa shape index (κ3) is 4.92. The summed E-state index contributed by atoms with van der Waals surface area (Å²) in [6, 6.07) is 11.8. The average molecular weight is 420 g/mol. The first kappa shape index (κ1) is 20.8. The van der Waals surface area contributed by atoms with Gasteiger partial charge in [-0.1, -0.05) is 18.2 Å². The van der Waals surface area contributed by atoms with Crippen LogP contribution in [-0.2, 0) is 14.8 Å². The molecule has 0 saturated heterocycles. The zero-order valence-electron chi connectivity index (χ0n) is 16.5. The van der Waals surface area contributed by atoms with Crippen LogP contribution in [0.2, 0.25) is 0 Å². The number of anilines is 1. The van der Waals surface area contributed by atoms with Crippen molar-refractivity contribution in [3.63, 3.8) is 0 Å². The summed E-state index contributed by atoms with van der Waals surface area (Å²) in [6.07, 6.45) is 1.06. The molecule has 0 aromatic heterocycles. The third-order valence-electron chi connectivity index (χ3n) is 4.48. The van der Waals surface area contributed by atoms with Gasteiger partial charge < -0.3 is 19.5 Å². The molecule has 2 aromatic carbocycles. The highest BCUT2D eigenvalue weighted by Crippen LogP contribution is 2.34. The smallest absolute Gasteiger partial charge is 0.241 e. The van der Waals surface area contributed by atoms with Crippen LogP contribution in [0.4, 0.5) is 5.69 Å². The Morgan fingerprint density at radius 2 is 1.86 bits per heavy atom. The van der Waals surface area contributed by atoms with E-state index >= 15 is 0 Å². The molecule has 0 bridgehead atoms. The molecule has 1 aliphatic heterocycles. The third-order valence-corrected chi connectivity index (χ3v) is 5.62. The number of para-hydroxylation sites is 1. The van der Waals surface area contributed by atoms with E-state index in [1.54, 1.807) is 31.4 Å². The number of sulfonamides is 1. The van der Waals surface area contributed by atoms with Crippen LogP contribution < -0.4 is 23.8 Å². The van der Waals surface area contributed by atoms with Gasteiger partial charge in [-0.25, -0.2) is 8.42 Å². The van der Waals surface area contributed by atoms with Crippen molar-refractivity contribution in [2.45, 2.75) is 13.0 Å². The van der Waals surface area contributed by atoms with E-state index in [1.165, 1.54) is 0 Å². The van der Waals surface area contributed by atoms with Gasteiger partial charge in [-0.2, -0.15) is 0 Å². The van der Waals surface area contributed by atoms with E-state index < -0.39 is 15.9 Å². The zero-order chi connectivity index (χ0) is 21.0. The maximum Gasteiger partial charge on any atom is 0.241 e. The Labute approximate surface area is 170 Å². The largest absolute Gasteiger partial charge is 0.496 e. The highest BCUT2D eigenvalue weighted by Gasteiger charge is 2.24. The summed E-state index contributed by atoms with van der Waals surface area (Å²) >= 11 is 0. The van der Waals surface area contributed by atoms with Gasteiger partial charge in [0.2, 0.25) is 15.9 Å². The minimum atomic E-state index is -3.70. The summed E-state index contributed by atoms with van der Waals surface area (Å²) in [5, 5.41) is 2.82. The maximum atomic E-state index is 12.6. The Kier molecular flexibility index (Phi) is 6.17. The monoisotopic (exact) mass is 420 g/mol. The zero-order valence-corrected chi connectivity index (χ0v) is 17.4. The van der Waals surface area contributed by atoms with E-state index in [2.05, 4.69) is 5.32 Å². The lowest BCUT2D eigenvalue weighted by Gasteiger charge is -2.25. The number of hydrogen-bond acceptors (Lipinski definition) is 6. The number of rotatable bonds is 7. The van der Waals surface area contributed by atoms with Crippen LogP contribution in [0.15, 0.2) is 42.5 Å². The first-order valence-corrected chi connectivity index (χ1v) is 10.9. The quantitative estimate of drug-likeness (QED) is 0.737. The van der Waals surface area contributed by atoms with Gasteiger partial charge in [-0.3, -0.25) is 9.10 Å². The van der Waals surface area contributed by atoms with Crippen LogP contribution in [0.1, 0.15) is 18.5 Å². The Balaban J connectivity index is 1.78. The number of benzene rings is 2. The van der Waals surface area contributed by atoms with E-state index in [-0.39, 0.29) is 12.6 Å². The number of nitrogens with one attached hydrogen (secondary N) is 1. The molecule has 0 radical (unpaired) electrons. The maximum absolute atomic E-state index is 12.6. The van der Waals surface area contributed by atoms with E-state index in [9.17, 15) is 13.2 Å². The molecule has 0 saturated carbocycles. The number of nitrogens with zero attached hydrogens (tertiary/aromatic N) is 1. The molecule has 1 N–H and O–H groups in total. The van der Waals surface area contributed by atoms with Crippen molar-refractivity contribution in [1.82, 2.24) is 5.32 Å². The molecular weight excluding hydrogens is 396 g/mol. The standard InChI is InChI=1S/C20H24N2O6S/c1-14(16-6-4-5-7-17(16)26-2)21-20(23)13-22(29(3,24)25)15-8-9-18-19(12-15)28-11-10-27-18/h4-9,12,14H,10-11,13H2,1-3H3,(H,21,23). The number of fused-ring (bicyclic) bond motifs is 1. The van der Waals surface area contributed by atoms with Crippen molar-refractivity contribution in [3.05, 3.63) is 48.0 Å². The fourth-order valence-corrected chi connectivity index (χ4v) is 3.95. The van der Waals surface area contributed by atoms with Gasteiger partial charge in [0.1, 0.15) is 25.5 Å². The van der Waals surface area contributed by atoms with Gasteiger partial charge in [0.15, 0.2) is 11.5 Å². The number of amides is 1. The molecule has 0 fully saturated rings. The van der Waals surface area contributed by atoms with Gasteiger partial charge in [0.05, 0.1) is 25.1 Å². The minimum absolute atomic E-state index is 0.330. The average Bonchev–Trinajstić information content (AvgIpc) is 2.70. The highest BCUT2D eigenvalue weighted by atomic mass is 32.2. The molecule has 1 amide bonds. The van der Waals surface area contributed by atoms with Crippen LogP contribution in [-0.4, -0.2) is 47.4 Å². The van der Waals surface area contributed by atoms with Crippen molar-refractivity contribution < 1.29 is 27.4 Å². The second-order valence-corrected chi connectivity index (χ2v) is 8.54. The summed E-state index contributed by atoms with van der Waals surface area (Å²) in [7, 11) is -2.15. The molecule has 8 nitrogen and oxygen atoms in total. The molecular formula is C20H24N2O6S. The lowest BCUT2D eigenvalue weighted by atomic mass is 10.1. The molecule has 3 rings (SSSR count). The molecule has 29 heavy (non-hydrogen) atoms. The Morgan fingerprint density at radius 1 is 1.17 bits per heavy atom. The van der Waals surface area contributed by atoms with Crippen LogP contribution in [0.3, 0.4) is 0 Å². The van der Waals surface area contributed by atoms with Gasteiger partial charge in [0.25, 0.3) is 0 Å². The lowest BCUT2D eigenvalue weighted by Crippen LogP contribution is -2.41. The fourth-order valence-electron chi connectivity index (χ4n) is 3.11. The van der Waals surface area contributed by atoms with E-state index in [1.807, 2.05) is 25.1 Å².